The van der Waals surface area contributed by atoms with Crippen LogP contribution in [-0.2, 0) is 6.42 Å². The molecule has 2 rings (SSSR count). The molecule has 0 fully saturated rings. The number of pyridine rings is 1. The lowest BCUT2D eigenvalue weighted by atomic mass is 10.0. The maximum absolute atomic E-state index is 12.8. The van der Waals surface area contributed by atoms with E-state index in [1.165, 1.54) is 30.3 Å². The number of nitrogens with zero attached hydrogens (tertiary/aromatic N) is 1. The van der Waals surface area contributed by atoms with Crippen molar-refractivity contribution in [3.05, 3.63) is 69.9 Å². The smallest absolute Gasteiger partial charge is 0.250 e. The molecule has 20 heavy (non-hydrogen) atoms. The third-order valence-electron chi connectivity index (χ3n) is 3.09. The Morgan fingerprint density at radius 1 is 1.15 bits per heavy atom. The molecule has 0 aliphatic rings. The number of hydrogen-bond donors (Lipinski definition) is 0. The molecule has 0 aliphatic heterocycles. The van der Waals surface area contributed by atoms with Gasteiger partial charge >= 0.3 is 0 Å². The van der Waals surface area contributed by atoms with Crippen molar-refractivity contribution >= 4 is 5.78 Å². The fourth-order valence-corrected chi connectivity index (χ4v) is 1.98. The molecule has 0 N–H and O–H groups in total. The predicted molar refractivity (Wildman–Crippen MR) is 75.5 cm³/mol. The molecule has 0 aliphatic carbocycles. The van der Waals surface area contributed by atoms with Crippen LogP contribution in [0.1, 0.15) is 35.8 Å². The Hall–Kier alpha value is -2.23. The van der Waals surface area contributed by atoms with E-state index in [1.807, 2.05) is 13.8 Å². The van der Waals surface area contributed by atoms with Gasteiger partial charge in [0.05, 0.1) is 0 Å². The van der Waals surface area contributed by atoms with Crippen molar-refractivity contribution < 1.29 is 9.18 Å². The van der Waals surface area contributed by atoms with Gasteiger partial charge in [-0.1, -0.05) is 6.07 Å². The average Bonchev–Trinajstić information content (AvgIpc) is 2.41. The molecule has 0 spiro atoms. The molecule has 1 aromatic carbocycles. The highest BCUT2D eigenvalue weighted by Gasteiger charge is 2.09. The normalized spacial score (nSPS) is 10.8. The molecule has 1 heterocycles. The van der Waals surface area contributed by atoms with Crippen molar-refractivity contribution in [2.45, 2.75) is 26.3 Å². The van der Waals surface area contributed by atoms with E-state index in [0.29, 0.717) is 5.56 Å². The standard InChI is InChI=1S/C16H16FNO2/c1-11(2)18-10-12(3-8-16(18)20)9-15(19)13-4-6-14(17)7-5-13/h3-8,10-11H,9H2,1-2H3. The Labute approximate surface area is 116 Å². The summed E-state index contributed by atoms with van der Waals surface area (Å²) in [7, 11) is 0. The van der Waals surface area contributed by atoms with E-state index < -0.39 is 0 Å². The average molecular weight is 273 g/mol. The van der Waals surface area contributed by atoms with E-state index in [2.05, 4.69) is 0 Å². The van der Waals surface area contributed by atoms with E-state index in [4.69, 9.17) is 0 Å². The number of benzene rings is 1. The highest BCUT2D eigenvalue weighted by molar-refractivity contribution is 5.97. The van der Waals surface area contributed by atoms with Crippen LogP contribution in [0.3, 0.4) is 0 Å². The largest absolute Gasteiger partial charge is 0.313 e. The van der Waals surface area contributed by atoms with Crippen LogP contribution in [-0.4, -0.2) is 10.4 Å². The molecule has 0 atom stereocenters. The van der Waals surface area contributed by atoms with Crippen LogP contribution in [0, 0.1) is 5.82 Å². The summed E-state index contributed by atoms with van der Waals surface area (Å²) in [6, 6.07) is 8.63. The van der Waals surface area contributed by atoms with Gasteiger partial charge in [0.1, 0.15) is 5.82 Å². The summed E-state index contributed by atoms with van der Waals surface area (Å²) in [4.78, 5) is 23.7. The first-order valence-electron chi connectivity index (χ1n) is 6.47. The molecule has 0 bridgehead atoms. The van der Waals surface area contributed by atoms with Crippen LogP contribution in [0.25, 0.3) is 0 Å². The van der Waals surface area contributed by atoms with Crippen molar-refractivity contribution in [2.24, 2.45) is 0 Å². The first-order valence-corrected chi connectivity index (χ1v) is 6.47. The van der Waals surface area contributed by atoms with Gasteiger partial charge < -0.3 is 4.57 Å². The lowest BCUT2D eigenvalue weighted by molar-refractivity contribution is 0.0992. The molecular formula is C16H16FNO2. The minimum Gasteiger partial charge on any atom is -0.313 e. The molecule has 3 nitrogen and oxygen atoms in total. The van der Waals surface area contributed by atoms with E-state index in [-0.39, 0.29) is 29.6 Å². The monoisotopic (exact) mass is 273 g/mol. The second kappa shape index (κ2) is 5.82. The molecule has 104 valence electrons. The Balaban J connectivity index is 2.22. The van der Waals surface area contributed by atoms with Crippen LogP contribution in [0.5, 0.6) is 0 Å². The number of ketones is 1. The molecular weight excluding hydrogens is 257 g/mol. The van der Waals surface area contributed by atoms with Crippen molar-refractivity contribution in [3.8, 4) is 0 Å². The van der Waals surface area contributed by atoms with E-state index in [9.17, 15) is 14.0 Å². The molecule has 0 saturated heterocycles. The van der Waals surface area contributed by atoms with Gasteiger partial charge in [0.2, 0.25) is 0 Å². The molecule has 0 unspecified atom stereocenters. The van der Waals surface area contributed by atoms with Crippen LogP contribution in [0.15, 0.2) is 47.4 Å². The summed E-state index contributed by atoms with van der Waals surface area (Å²) in [6.07, 6.45) is 1.90. The van der Waals surface area contributed by atoms with Crippen LogP contribution in [0.4, 0.5) is 4.39 Å². The second-order valence-corrected chi connectivity index (χ2v) is 4.98. The minimum absolute atomic E-state index is 0.0448. The zero-order chi connectivity index (χ0) is 14.7. The Morgan fingerprint density at radius 2 is 1.80 bits per heavy atom. The van der Waals surface area contributed by atoms with Gasteiger partial charge in [-0.05, 0) is 43.7 Å². The third kappa shape index (κ3) is 3.20. The molecule has 4 heteroatoms. The molecule has 1 aromatic heterocycles. The fraction of sp³-hybridized carbons (Fsp3) is 0.250. The predicted octanol–water partition coefficient (Wildman–Crippen LogP) is 2.99. The van der Waals surface area contributed by atoms with Crippen LogP contribution >= 0.6 is 0 Å². The van der Waals surface area contributed by atoms with Crippen molar-refractivity contribution in [3.63, 3.8) is 0 Å². The van der Waals surface area contributed by atoms with Gasteiger partial charge in [-0.15, -0.1) is 0 Å². The highest BCUT2D eigenvalue weighted by Crippen LogP contribution is 2.09. The first-order chi connectivity index (χ1) is 9.47. The lowest BCUT2D eigenvalue weighted by Gasteiger charge is -2.11. The zero-order valence-electron chi connectivity index (χ0n) is 11.5. The Bertz CT molecular complexity index is 672. The Morgan fingerprint density at radius 3 is 2.40 bits per heavy atom. The number of aromatic nitrogens is 1. The maximum Gasteiger partial charge on any atom is 0.250 e. The molecule has 0 radical (unpaired) electrons. The van der Waals surface area contributed by atoms with Gasteiger partial charge in [0.25, 0.3) is 5.56 Å². The van der Waals surface area contributed by atoms with Crippen LogP contribution in [0.2, 0.25) is 0 Å². The third-order valence-corrected chi connectivity index (χ3v) is 3.09. The number of carbonyl (C=O) groups excluding carboxylic acids is 1. The fourth-order valence-electron chi connectivity index (χ4n) is 1.98. The summed E-state index contributed by atoms with van der Waals surface area (Å²) in [5.74, 6) is -0.464. The maximum atomic E-state index is 12.8. The van der Waals surface area contributed by atoms with E-state index in [1.54, 1.807) is 16.8 Å². The van der Waals surface area contributed by atoms with E-state index >= 15 is 0 Å². The number of hydrogen-bond acceptors (Lipinski definition) is 2. The minimum atomic E-state index is -0.366. The summed E-state index contributed by atoms with van der Waals surface area (Å²) >= 11 is 0. The van der Waals surface area contributed by atoms with Gasteiger partial charge in [-0.25, -0.2) is 4.39 Å². The SMILES string of the molecule is CC(C)n1cc(CC(=O)c2ccc(F)cc2)ccc1=O. The van der Waals surface area contributed by atoms with Gasteiger partial charge in [-0.3, -0.25) is 9.59 Å². The number of rotatable bonds is 4. The zero-order valence-corrected chi connectivity index (χ0v) is 11.5. The number of Topliss-reactive ketones (excluding diaryl/α,β-unsaturated/α-hetero) is 1. The quantitative estimate of drug-likeness (QED) is 0.803. The molecule has 0 amide bonds. The van der Waals surface area contributed by atoms with Crippen LogP contribution < -0.4 is 5.56 Å². The van der Waals surface area contributed by atoms with Gasteiger partial charge in [0.15, 0.2) is 5.78 Å². The van der Waals surface area contributed by atoms with Crippen molar-refractivity contribution in [2.75, 3.05) is 0 Å². The summed E-state index contributed by atoms with van der Waals surface area (Å²) in [6.45, 7) is 3.82. The molecule has 0 saturated carbocycles. The first kappa shape index (κ1) is 14.2. The highest BCUT2D eigenvalue weighted by atomic mass is 19.1. The number of halogens is 1. The summed E-state index contributed by atoms with van der Waals surface area (Å²) in [5, 5.41) is 0. The van der Waals surface area contributed by atoms with E-state index in [0.717, 1.165) is 5.56 Å². The topological polar surface area (TPSA) is 39.1 Å². The van der Waals surface area contributed by atoms with Crippen molar-refractivity contribution in [1.29, 1.82) is 0 Å². The van der Waals surface area contributed by atoms with Gasteiger partial charge in [-0.2, -0.15) is 0 Å². The Kier molecular flexibility index (Phi) is 4.13. The number of carbonyl (C=O) groups is 1. The summed E-state index contributed by atoms with van der Waals surface area (Å²) < 4.78 is 14.4. The van der Waals surface area contributed by atoms with Gasteiger partial charge in [0, 0.05) is 30.3 Å². The lowest BCUT2D eigenvalue weighted by Crippen LogP contribution is -2.21. The summed E-state index contributed by atoms with van der Waals surface area (Å²) in [5.41, 5.74) is 1.15. The van der Waals surface area contributed by atoms with Crippen molar-refractivity contribution in [1.82, 2.24) is 4.57 Å². The molecule has 2 aromatic rings. The second-order valence-electron chi connectivity index (χ2n) is 4.98.